The Bertz CT molecular complexity index is 1130. The Morgan fingerprint density at radius 3 is 2.75 bits per heavy atom. The van der Waals surface area contributed by atoms with Crippen LogP contribution < -0.4 is 10.1 Å². The summed E-state index contributed by atoms with van der Waals surface area (Å²) < 4.78 is 42.5. The highest BCUT2D eigenvalue weighted by molar-refractivity contribution is 6.07. The molecule has 32 heavy (non-hydrogen) atoms. The van der Waals surface area contributed by atoms with E-state index in [1.54, 1.807) is 6.07 Å². The third-order valence-corrected chi connectivity index (χ3v) is 6.13. The molecule has 1 heterocycles. The van der Waals surface area contributed by atoms with E-state index in [2.05, 4.69) is 11.4 Å². The van der Waals surface area contributed by atoms with E-state index in [0.717, 1.165) is 27.8 Å². The number of hydrogen-bond acceptors (Lipinski definition) is 3. The molecule has 7 heteroatoms. The maximum Gasteiger partial charge on any atom is 0.389 e. The molecule has 1 amide bonds. The zero-order valence-electron chi connectivity index (χ0n) is 17.7. The molecule has 2 aromatic carbocycles. The van der Waals surface area contributed by atoms with Crippen LogP contribution in [0.1, 0.15) is 47.9 Å². The van der Waals surface area contributed by atoms with Gasteiger partial charge in [-0.15, -0.1) is 0 Å². The second kappa shape index (κ2) is 8.34. The number of fused-ring (bicyclic) bond motifs is 2. The van der Waals surface area contributed by atoms with E-state index < -0.39 is 18.1 Å². The monoisotopic (exact) mass is 440 g/mol. The fourth-order valence-corrected chi connectivity index (χ4v) is 4.64. The normalized spacial score (nSPS) is 20.2. The first-order valence-corrected chi connectivity index (χ1v) is 10.6. The van der Waals surface area contributed by atoms with Gasteiger partial charge < -0.3 is 10.1 Å². The SMILES string of the molecule is Cc1cccc(C2=C(C#N)C(=O)NC3(CCc4cc(OCCCC(F)(F)F)ccc43)C2)c1. The zero-order chi connectivity index (χ0) is 22.9. The summed E-state index contributed by atoms with van der Waals surface area (Å²) in [4.78, 5) is 12.9. The van der Waals surface area contributed by atoms with Gasteiger partial charge in [-0.1, -0.05) is 35.9 Å². The number of rotatable bonds is 5. The van der Waals surface area contributed by atoms with Crippen molar-refractivity contribution < 1.29 is 22.7 Å². The summed E-state index contributed by atoms with van der Waals surface area (Å²) in [5, 5.41) is 12.7. The fraction of sp³-hybridized carbons (Fsp3) is 0.360. The molecule has 4 rings (SSSR count). The highest BCUT2D eigenvalue weighted by Crippen LogP contribution is 2.47. The molecule has 0 radical (unpaired) electrons. The maximum atomic E-state index is 12.9. The van der Waals surface area contributed by atoms with Crippen molar-refractivity contribution in [1.29, 1.82) is 5.26 Å². The molecule has 0 aromatic heterocycles. The van der Waals surface area contributed by atoms with Crippen LogP contribution in [0, 0.1) is 18.3 Å². The lowest BCUT2D eigenvalue weighted by Gasteiger charge is -2.37. The van der Waals surface area contributed by atoms with Crippen molar-refractivity contribution in [2.75, 3.05) is 6.61 Å². The molecule has 166 valence electrons. The van der Waals surface area contributed by atoms with Crippen LogP contribution in [0.5, 0.6) is 5.75 Å². The average molecular weight is 440 g/mol. The molecule has 0 bridgehead atoms. The van der Waals surface area contributed by atoms with Crippen LogP contribution in [0.4, 0.5) is 13.2 Å². The molecule has 1 spiro atoms. The molecular formula is C25H23F3N2O2. The first-order valence-electron chi connectivity index (χ1n) is 10.6. The Kier molecular flexibility index (Phi) is 5.72. The number of benzene rings is 2. The van der Waals surface area contributed by atoms with Crippen molar-refractivity contribution >= 4 is 11.5 Å². The van der Waals surface area contributed by atoms with Crippen molar-refractivity contribution in [2.24, 2.45) is 0 Å². The van der Waals surface area contributed by atoms with E-state index in [9.17, 15) is 23.2 Å². The summed E-state index contributed by atoms with van der Waals surface area (Å²) >= 11 is 0. The number of amides is 1. The number of ether oxygens (including phenoxy) is 1. The highest BCUT2D eigenvalue weighted by Gasteiger charge is 2.45. The van der Waals surface area contributed by atoms with Gasteiger partial charge in [0.05, 0.1) is 12.1 Å². The van der Waals surface area contributed by atoms with Gasteiger partial charge in [-0.3, -0.25) is 4.79 Å². The van der Waals surface area contributed by atoms with E-state index in [1.165, 1.54) is 0 Å². The molecule has 4 nitrogen and oxygen atoms in total. The molecule has 2 aromatic rings. The summed E-state index contributed by atoms with van der Waals surface area (Å²) in [6, 6.07) is 15.3. The van der Waals surface area contributed by atoms with Crippen LogP contribution in [0.3, 0.4) is 0 Å². The Morgan fingerprint density at radius 2 is 2.03 bits per heavy atom. The predicted octanol–water partition coefficient (Wildman–Crippen LogP) is 5.36. The van der Waals surface area contributed by atoms with Gasteiger partial charge >= 0.3 is 6.18 Å². The molecule has 0 saturated heterocycles. The van der Waals surface area contributed by atoms with Crippen LogP contribution in [0.25, 0.3) is 5.57 Å². The lowest BCUT2D eigenvalue weighted by Crippen LogP contribution is -2.48. The van der Waals surface area contributed by atoms with Crippen molar-refractivity contribution in [2.45, 2.75) is 50.7 Å². The highest BCUT2D eigenvalue weighted by atomic mass is 19.4. The molecular weight excluding hydrogens is 417 g/mol. The number of carbonyl (C=O) groups is 1. The number of nitrogens with one attached hydrogen (secondary N) is 1. The van der Waals surface area contributed by atoms with E-state index in [0.29, 0.717) is 25.0 Å². The lowest BCUT2D eigenvalue weighted by molar-refractivity contribution is -0.136. The Labute approximate surface area is 184 Å². The van der Waals surface area contributed by atoms with E-state index >= 15 is 0 Å². The molecule has 0 fully saturated rings. The minimum absolute atomic E-state index is 0.00799. The third kappa shape index (κ3) is 4.36. The number of carbonyl (C=O) groups excluding carboxylic acids is 1. The maximum absolute atomic E-state index is 12.9. The number of hydrogen-bond donors (Lipinski definition) is 1. The van der Waals surface area contributed by atoms with Crippen LogP contribution in [0.2, 0.25) is 0 Å². The second-order valence-corrected chi connectivity index (χ2v) is 8.43. The minimum atomic E-state index is -4.18. The number of aryl methyl sites for hydroxylation is 2. The van der Waals surface area contributed by atoms with Gasteiger partial charge in [0, 0.05) is 12.8 Å². The molecule has 1 aliphatic carbocycles. The van der Waals surface area contributed by atoms with Gasteiger partial charge in [-0.2, -0.15) is 18.4 Å². The van der Waals surface area contributed by atoms with E-state index in [-0.39, 0.29) is 24.5 Å². The third-order valence-electron chi connectivity index (χ3n) is 6.13. The van der Waals surface area contributed by atoms with Crippen molar-refractivity contribution in [1.82, 2.24) is 5.32 Å². The van der Waals surface area contributed by atoms with Crippen LogP contribution in [0.15, 0.2) is 48.0 Å². The number of nitrogens with zero attached hydrogens (tertiary/aromatic N) is 1. The van der Waals surface area contributed by atoms with Crippen molar-refractivity contribution in [3.8, 4) is 11.8 Å². The molecule has 1 N–H and O–H groups in total. The zero-order valence-corrected chi connectivity index (χ0v) is 17.7. The molecule has 2 aliphatic rings. The van der Waals surface area contributed by atoms with Gasteiger partial charge in [0.25, 0.3) is 5.91 Å². The average Bonchev–Trinajstić information content (AvgIpc) is 3.07. The number of halogens is 3. The quantitative estimate of drug-likeness (QED) is 0.637. The smallest absolute Gasteiger partial charge is 0.389 e. The Balaban J connectivity index is 1.58. The van der Waals surface area contributed by atoms with Crippen LogP contribution >= 0.6 is 0 Å². The Morgan fingerprint density at radius 1 is 1.22 bits per heavy atom. The van der Waals surface area contributed by atoms with Crippen molar-refractivity contribution in [3.63, 3.8) is 0 Å². The topological polar surface area (TPSA) is 62.1 Å². The van der Waals surface area contributed by atoms with Crippen LogP contribution in [-0.2, 0) is 16.8 Å². The van der Waals surface area contributed by atoms with Gasteiger partial charge in [0.2, 0.25) is 0 Å². The van der Waals surface area contributed by atoms with Gasteiger partial charge in [-0.05, 0) is 60.6 Å². The number of nitriles is 1. The first-order chi connectivity index (χ1) is 15.2. The van der Waals surface area contributed by atoms with Crippen LogP contribution in [-0.4, -0.2) is 18.7 Å². The summed E-state index contributed by atoms with van der Waals surface area (Å²) in [6.07, 6.45) is -3.26. The minimum Gasteiger partial charge on any atom is -0.494 e. The first kappa shape index (κ1) is 21.9. The molecule has 0 saturated carbocycles. The molecule has 1 atom stereocenters. The largest absolute Gasteiger partial charge is 0.494 e. The second-order valence-electron chi connectivity index (χ2n) is 8.43. The molecule has 1 aliphatic heterocycles. The van der Waals surface area contributed by atoms with Gasteiger partial charge in [-0.25, -0.2) is 0 Å². The summed E-state index contributed by atoms with van der Waals surface area (Å²) in [7, 11) is 0. The Hall–Kier alpha value is -3.27. The van der Waals surface area contributed by atoms with Gasteiger partial charge in [0.15, 0.2) is 0 Å². The predicted molar refractivity (Wildman–Crippen MR) is 114 cm³/mol. The number of alkyl halides is 3. The standard InChI is InChI=1S/C25H23F3N2O2/c1-16-4-2-5-17(12-16)20-14-24(30-23(31)21(20)15-29)10-8-18-13-19(6-7-22(18)24)32-11-3-9-25(26,27)28/h2,4-7,12-13H,3,8-11,14H2,1H3,(H,30,31). The van der Waals surface area contributed by atoms with Gasteiger partial charge in [0.1, 0.15) is 17.4 Å². The summed E-state index contributed by atoms with van der Waals surface area (Å²) in [5.41, 5.74) is 4.15. The summed E-state index contributed by atoms with van der Waals surface area (Å²) in [5.74, 6) is 0.146. The van der Waals surface area contributed by atoms with E-state index in [4.69, 9.17) is 4.74 Å². The van der Waals surface area contributed by atoms with Crippen molar-refractivity contribution in [3.05, 3.63) is 70.3 Å². The summed E-state index contributed by atoms with van der Waals surface area (Å²) in [6.45, 7) is 1.96. The fourth-order valence-electron chi connectivity index (χ4n) is 4.64. The molecule has 1 unspecified atom stereocenters. The van der Waals surface area contributed by atoms with E-state index in [1.807, 2.05) is 43.3 Å². The lowest BCUT2D eigenvalue weighted by atomic mass is 9.78.